The van der Waals surface area contributed by atoms with Crippen LogP contribution in [0.2, 0.25) is 5.02 Å². The van der Waals surface area contributed by atoms with Gasteiger partial charge in [-0.05, 0) is 56.2 Å². The van der Waals surface area contributed by atoms with Crippen LogP contribution in [-0.4, -0.2) is 40.5 Å². The zero-order chi connectivity index (χ0) is 29.3. The maximum Gasteiger partial charge on any atom is 0.296 e. The van der Waals surface area contributed by atoms with Gasteiger partial charge in [0.1, 0.15) is 0 Å². The molecule has 214 valence electrons. The molecular weight excluding hydrogens is 582 g/mol. The topological polar surface area (TPSA) is 102 Å². The fourth-order valence-corrected chi connectivity index (χ4v) is 7.03. The number of unbranched alkanes of at least 4 members (excludes halogenated alkanes) is 3. The number of Topliss-reactive ketones (excluding diaryl/α,β-unsaturated/α-hetero) is 1. The van der Waals surface area contributed by atoms with Crippen LogP contribution in [-0.2, 0) is 4.79 Å². The van der Waals surface area contributed by atoms with Gasteiger partial charge in [0.25, 0.3) is 5.91 Å². The third-order valence-electron chi connectivity index (χ3n) is 6.87. The highest BCUT2D eigenvalue weighted by Crippen LogP contribution is 2.46. The molecule has 0 spiro atoms. The van der Waals surface area contributed by atoms with E-state index >= 15 is 0 Å². The summed E-state index contributed by atoms with van der Waals surface area (Å²) in [6.45, 7) is 6.26. The van der Waals surface area contributed by atoms with E-state index in [2.05, 4.69) is 16.9 Å². The fraction of sp³-hybridized carbons (Fsp3) is 0.333. The van der Waals surface area contributed by atoms with Gasteiger partial charge < -0.3 is 14.6 Å². The number of hydrogen-bond donors (Lipinski definition) is 1. The zero-order valence-electron chi connectivity index (χ0n) is 23.2. The van der Waals surface area contributed by atoms with Crippen molar-refractivity contribution in [1.29, 1.82) is 0 Å². The van der Waals surface area contributed by atoms with Crippen molar-refractivity contribution >= 4 is 61.3 Å². The van der Waals surface area contributed by atoms with Crippen molar-refractivity contribution < 1.29 is 24.2 Å². The molecule has 0 radical (unpaired) electrons. The van der Waals surface area contributed by atoms with Crippen molar-refractivity contribution in [2.75, 3.05) is 18.6 Å². The average molecular weight is 612 g/mol. The number of ketones is 1. The van der Waals surface area contributed by atoms with Crippen LogP contribution in [0.15, 0.2) is 47.7 Å². The van der Waals surface area contributed by atoms with Gasteiger partial charge in [0.2, 0.25) is 5.78 Å². The van der Waals surface area contributed by atoms with E-state index in [0.717, 1.165) is 30.4 Å². The lowest BCUT2D eigenvalue weighted by molar-refractivity contribution is -0.117. The zero-order valence-corrected chi connectivity index (χ0v) is 25.6. The Balaban J connectivity index is 1.59. The number of benzene rings is 2. The molecule has 8 nitrogen and oxygen atoms in total. The first-order chi connectivity index (χ1) is 19.7. The number of aromatic nitrogens is 2. The fourth-order valence-electron chi connectivity index (χ4n) is 4.89. The van der Waals surface area contributed by atoms with Crippen LogP contribution in [0.25, 0.3) is 10.2 Å². The van der Waals surface area contributed by atoms with Crippen molar-refractivity contribution in [3.63, 3.8) is 0 Å². The van der Waals surface area contributed by atoms with Gasteiger partial charge in [-0.1, -0.05) is 55.2 Å². The third-order valence-corrected chi connectivity index (χ3v) is 9.19. The van der Waals surface area contributed by atoms with Crippen molar-refractivity contribution in [3.8, 4) is 11.5 Å². The number of hydrogen-bond acceptors (Lipinski definition) is 9. The molecule has 5 rings (SSSR count). The SMILES string of the molecule is CCCCCCOc1ccc(C2C(C(=O)c3sc(C)nc3C)=C(O)C(=O)N2c2nc3ccc(Cl)cc3s2)cc1OC. The number of rotatable bonds is 11. The molecule has 4 aromatic rings. The van der Waals surface area contributed by atoms with Gasteiger partial charge >= 0.3 is 0 Å². The maximum absolute atomic E-state index is 13.9. The Morgan fingerprint density at radius 3 is 2.59 bits per heavy atom. The van der Waals surface area contributed by atoms with E-state index in [1.165, 1.54) is 27.6 Å². The van der Waals surface area contributed by atoms with E-state index in [1.807, 2.05) is 6.92 Å². The number of carbonyl (C=O) groups is 2. The van der Waals surface area contributed by atoms with Crippen molar-refractivity contribution in [1.82, 2.24) is 9.97 Å². The van der Waals surface area contributed by atoms with Crippen LogP contribution in [0.4, 0.5) is 5.13 Å². The number of halogens is 1. The molecular formula is C30H30ClN3O5S2. The molecule has 0 fully saturated rings. The summed E-state index contributed by atoms with van der Waals surface area (Å²) in [6.07, 6.45) is 4.29. The predicted molar refractivity (Wildman–Crippen MR) is 163 cm³/mol. The molecule has 2 aromatic carbocycles. The summed E-state index contributed by atoms with van der Waals surface area (Å²) in [5, 5.41) is 12.8. The number of fused-ring (bicyclic) bond motifs is 1. The van der Waals surface area contributed by atoms with E-state index < -0.39 is 23.5 Å². The van der Waals surface area contributed by atoms with E-state index in [1.54, 1.807) is 50.4 Å². The second kappa shape index (κ2) is 12.2. The minimum Gasteiger partial charge on any atom is -0.503 e. The van der Waals surface area contributed by atoms with Crippen LogP contribution < -0.4 is 14.4 Å². The minimum atomic E-state index is -0.958. The first-order valence-corrected chi connectivity index (χ1v) is 15.4. The molecule has 0 bridgehead atoms. The highest BCUT2D eigenvalue weighted by molar-refractivity contribution is 7.22. The lowest BCUT2D eigenvalue weighted by atomic mass is 9.95. The number of anilines is 1. The first kappa shape index (κ1) is 29.0. The summed E-state index contributed by atoms with van der Waals surface area (Å²) in [5.41, 5.74) is 1.73. The average Bonchev–Trinajstić information content (AvgIpc) is 3.60. The number of aryl methyl sites for hydroxylation is 2. The van der Waals surface area contributed by atoms with Crippen LogP contribution in [0.3, 0.4) is 0 Å². The summed E-state index contributed by atoms with van der Waals surface area (Å²) in [6, 6.07) is 9.61. The summed E-state index contributed by atoms with van der Waals surface area (Å²) in [4.78, 5) is 38.4. The molecule has 1 aliphatic heterocycles. The largest absolute Gasteiger partial charge is 0.503 e. The molecule has 1 aliphatic rings. The number of aliphatic hydroxyl groups excluding tert-OH is 1. The second-order valence-corrected chi connectivity index (χ2v) is 12.4. The standard InChI is InChI=1S/C30H30ClN3O5S2/c1-5-6-7-8-13-39-21-12-9-18(14-22(21)38-4)25-24(26(35)28-16(2)32-17(3)40-28)27(36)29(37)34(25)30-33-20-11-10-19(31)15-23(20)41-30/h9-12,14-15,25,36H,5-8,13H2,1-4H3. The van der Waals surface area contributed by atoms with Crippen LogP contribution in [0, 0.1) is 13.8 Å². The summed E-state index contributed by atoms with van der Waals surface area (Å²) < 4.78 is 12.4. The van der Waals surface area contributed by atoms with Crippen LogP contribution in [0.1, 0.15) is 64.6 Å². The molecule has 1 N–H and O–H groups in total. The molecule has 2 aromatic heterocycles. The summed E-state index contributed by atoms with van der Waals surface area (Å²) in [5.74, 6) is -0.751. The smallest absolute Gasteiger partial charge is 0.296 e. The number of aliphatic hydroxyl groups is 1. The van der Waals surface area contributed by atoms with Crippen molar-refractivity contribution in [2.24, 2.45) is 0 Å². The predicted octanol–water partition coefficient (Wildman–Crippen LogP) is 7.77. The first-order valence-electron chi connectivity index (χ1n) is 13.4. The van der Waals surface area contributed by atoms with Gasteiger partial charge in [0, 0.05) is 5.02 Å². The monoisotopic (exact) mass is 611 g/mol. The van der Waals surface area contributed by atoms with E-state index in [-0.39, 0.29) is 5.57 Å². The molecule has 1 atom stereocenters. The van der Waals surface area contributed by atoms with Gasteiger partial charge in [-0.3, -0.25) is 14.5 Å². The number of ether oxygens (including phenoxy) is 2. The third kappa shape index (κ3) is 5.68. The summed E-state index contributed by atoms with van der Waals surface area (Å²) in [7, 11) is 1.54. The minimum absolute atomic E-state index is 0.0330. The van der Waals surface area contributed by atoms with E-state index in [4.69, 9.17) is 21.1 Å². The normalized spacial score (nSPS) is 15.3. The molecule has 0 saturated carbocycles. The molecule has 41 heavy (non-hydrogen) atoms. The van der Waals surface area contributed by atoms with Crippen molar-refractivity contribution in [3.05, 3.63) is 73.9 Å². The van der Waals surface area contributed by atoms with Gasteiger partial charge in [-0.25, -0.2) is 9.97 Å². The highest BCUT2D eigenvalue weighted by Gasteiger charge is 2.46. The lowest BCUT2D eigenvalue weighted by Gasteiger charge is -2.25. The van der Waals surface area contributed by atoms with Gasteiger partial charge in [0.15, 0.2) is 22.4 Å². The molecule has 1 unspecified atom stereocenters. The number of methoxy groups -OCH3 is 1. The number of carbonyl (C=O) groups excluding carboxylic acids is 2. The quantitative estimate of drug-likeness (QED) is 0.136. The number of amides is 1. The maximum atomic E-state index is 13.9. The molecule has 1 amide bonds. The number of nitrogens with zero attached hydrogens (tertiary/aromatic N) is 3. The van der Waals surface area contributed by atoms with Crippen LogP contribution in [0.5, 0.6) is 11.5 Å². The molecule has 0 saturated heterocycles. The van der Waals surface area contributed by atoms with Gasteiger partial charge in [-0.2, -0.15) is 0 Å². The Labute approximate surface area is 251 Å². The summed E-state index contributed by atoms with van der Waals surface area (Å²) >= 11 is 8.68. The Morgan fingerprint density at radius 2 is 1.88 bits per heavy atom. The molecule has 0 aliphatic carbocycles. The highest BCUT2D eigenvalue weighted by atomic mass is 35.5. The van der Waals surface area contributed by atoms with Gasteiger partial charge in [-0.15, -0.1) is 11.3 Å². The number of thiazole rings is 2. The van der Waals surface area contributed by atoms with Gasteiger partial charge in [0.05, 0.1) is 51.1 Å². The second-order valence-electron chi connectivity index (χ2n) is 9.74. The van der Waals surface area contributed by atoms with Crippen molar-refractivity contribution in [2.45, 2.75) is 52.5 Å². The van der Waals surface area contributed by atoms with Crippen LogP contribution >= 0.6 is 34.3 Å². The molecule has 11 heteroatoms. The Bertz CT molecular complexity index is 1660. The molecule has 3 heterocycles. The Kier molecular flexibility index (Phi) is 8.63. The van der Waals surface area contributed by atoms with E-state index in [0.29, 0.717) is 54.9 Å². The Morgan fingerprint density at radius 1 is 1.07 bits per heavy atom. The lowest BCUT2D eigenvalue weighted by Crippen LogP contribution is -2.31. The Hall–Kier alpha value is -3.47. The van der Waals surface area contributed by atoms with E-state index in [9.17, 15) is 14.7 Å².